The maximum absolute atomic E-state index is 11.6. The summed E-state index contributed by atoms with van der Waals surface area (Å²) in [7, 11) is 0. The third-order valence-electron chi connectivity index (χ3n) is 2.82. The summed E-state index contributed by atoms with van der Waals surface area (Å²) in [5, 5.41) is 14.2. The Morgan fingerprint density at radius 1 is 1.14 bits per heavy atom. The van der Waals surface area contributed by atoms with Crippen LogP contribution in [0.5, 0.6) is 0 Å². The fraction of sp³-hybridized carbons (Fsp3) is 0.133. The third kappa shape index (κ3) is 4.61. The summed E-state index contributed by atoms with van der Waals surface area (Å²) in [6.45, 7) is 0.457. The Kier molecular flexibility index (Phi) is 4.87. The number of carbonyl (C=O) groups excluding carboxylic acids is 1. The molecule has 0 bridgehead atoms. The lowest BCUT2D eigenvalue weighted by atomic mass is 10.1. The SMILES string of the molecule is O=C(NCCc1ccc(C(=O)O)cc1)Nc1cccnc1. The normalized spacial score (nSPS) is 9.90. The molecule has 0 unspecified atom stereocenters. The predicted octanol–water partition coefficient (Wildman–Crippen LogP) is 2.14. The topological polar surface area (TPSA) is 91.3 Å². The maximum atomic E-state index is 11.6. The number of hydrogen-bond acceptors (Lipinski definition) is 3. The van der Waals surface area contributed by atoms with Crippen LogP contribution in [0.15, 0.2) is 48.8 Å². The fourth-order valence-corrected chi connectivity index (χ4v) is 1.75. The lowest BCUT2D eigenvalue weighted by Gasteiger charge is -2.07. The van der Waals surface area contributed by atoms with Crippen LogP contribution in [0, 0.1) is 0 Å². The molecular formula is C15H15N3O3. The van der Waals surface area contributed by atoms with Crippen molar-refractivity contribution in [3.05, 3.63) is 59.9 Å². The maximum Gasteiger partial charge on any atom is 0.335 e. The van der Waals surface area contributed by atoms with Gasteiger partial charge >= 0.3 is 12.0 Å². The Bertz CT molecular complexity index is 612. The quantitative estimate of drug-likeness (QED) is 0.785. The zero-order valence-electron chi connectivity index (χ0n) is 11.2. The van der Waals surface area contributed by atoms with E-state index in [1.54, 1.807) is 48.8 Å². The molecule has 0 spiro atoms. The number of aromatic carboxylic acids is 1. The number of carboxylic acid groups (broad SMARTS) is 1. The van der Waals surface area contributed by atoms with Gasteiger partial charge in [-0.25, -0.2) is 9.59 Å². The molecule has 2 amide bonds. The van der Waals surface area contributed by atoms with Crippen molar-refractivity contribution < 1.29 is 14.7 Å². The minimum absolute atomic E-state index is 0.251. The highest BCUT2D eigenvalue weighted by atomic mass is 16.4. The monoisotopic (exact) mass is 285 g/mol. The zero-order chi connectivity index (χ0) is 15.1. The van der Waals surface area contributed by atoms with Crippen molar-refractivity contribution in [2.24, 2.45) is 0 Å². The number of carboxylic acids is 1. The average Bonchev–Trinajstić information content (AvgIpc) is 2.49. The Hall–Kier alpha value is -2.89. The van der Waals surface area contributed by atoms with Gasteiger partial charge in [0.05, 0.1) is 17.4 Å². The molecule has 6 heteroatoms. The molecule has 0 saturated carbocycles. The molecule has 0 radical (unpaired) electrons. The van der Waals surface area contributed by atoms with E-state index >= 15 is 0 Å². The van der Waals surface area contributed by atoms with Gasteiger partial charge < -0.3 is 15.7 Å². The number of carbonyl (C=O) groups is 2. The minimum atomic E-state index is -0.949. The average molecular weight is 285 g/mol. The second-order valence-electron chi connectivity index (χ2n) is 4.37. The number of nitrogens with one attached hydrogen (secondary N) is 2. The van der Waals surface area contributed by atoms with E-state index in [9.17, 15) is 9.59 Å². The number of aromatic nitrogens is 1. The molecule has 0 saturated heterocycles. The van der Waals surface area contributed by atoms with Gasteiger partial charge in [0.2, 0.25) is 0 Å². The number of hydrogen-bond donors (Lipinski definition) is 3. The Morgan fingerprint density at radius 3 is 2.52 bits per heavy atom. The summed E-state index contributed by atoms with van der Waals surface area (Å²) in [5.74, 6) is -0.949. The number of urea groups is 1. The van der Waals surface area contributed by atoms with Crippen molar-refractivity contribution in [2.45, 2.75) is 6.42 Å². The van der Waals surface area contributed by atoms with E-state index < -0.39 is 5.97 Å². The molecule has 0 aliphatic heterocycles. The van der Waals surface area contributed by atoms with Crippen LogP contribution >= 0.6 is 0 Å². The van der Waals surface area contributed by atoms with E-state index in [2.05, 4.69) is 15.6 Å². The van der Waals surface area contributed by atoms with Crippen LogP contribution in [0.1, 0.15) is 15.9 Å². The summed E-state index contributed by atoms with van der Waals surface area (Å²) in [6.07, 6.45) is 3.81. The van der Waals surface area contributed by atoms with Crippen LogP contribution in [0.25, 0.3) is 0 Å². The number of rotatable bonds is 5. The van der Waals surface area contributed by atoms with E-state index in [1.165, 1.54) is 0 Å². The zero-order valence-corrected chi connectivity index (χ0v) is 11.2. The standard InChI is InChI=1S/C15H15N3O3/c19-14(20)12-5-3-11(4-6-12)7-9-17-15(21)18-13-2-1-8-16-10-13/h1-6,8,10H,7,9H2,(H,19,20)(H2,17,18,21). The fourth-order valence-electron chi connectivity index (χ4n) is 1.75. The summed E-state index contributed by atoms with van der Waals surface area (Å²) in [5.41, 5.74) is 1.84. The van der Waals surface area contributed by atoms with Crippen molar-refractivity contribution in [2.75, 3.05) is 11.9 Å². The predicted molar refractivity (Wildman–Crippen MR) is 78.4 cm³/mol. The van der Waals surface area contributed by atoms with Crippen LogP contribution in [-0.2, 0) is 6.42 Å². The molecule has 2 aromatic rings. The second kappa shape index (κ2) is 7.04. The number of nitrogens with zero attached hydrogens (tertiary/aromatic N) is 1. The van der Waals surface area contributed by atoms with Gasteiger partial charge in [-0.1, -0.05) is 12.1 Å². The molecular weight excluding hydrogens is 270 g/mol. The highest BCUT2D eigenvalue weighted by molar-refractivity contribution is 5.89. The van der Waals surface area contributed by atoms with Gasteiger partial charge in [-0.15, -0.1) is 0 Å². The third-order valence-corrected chi connectivity index (χ3v) is 2.82. The van der Waals surface area contributed by atoms with E-state index in [1.807, 2.05) is 0 Å². The number of benzene rings is 1. The highest BCUT2D eigenvalue weighted by Gasteiger charge is 2.03. The Balaban J connectivity index is 1.76. The van der Waals surface area contributed by atoms with Crippen LogP contribution in [0.3, 0.4) is 0 Å². The molecule has 0 atom stereocenters. The van der Waals surface area contributed by atoms with Gasteiger partial charge in [0.1, 0.15) is 0 Å². The Morgan fingerprint density at radius 2 is 1.90 bits per heavy atom. The molecule has 1 aromatic heterocycles. The summed E-state index contributed by atoms with van der Waals surface area (Å²) >= 11 is 0. The lowest BCUT2D eigenvalue weighted by molar-refractivity contribution is 0.0697. The van der Waals surface area contributed by atoms with Crippen molar-refractivity contribution >= 4 is 17.7 Å². The first-order chi connectivity index (χ1) is 10.1. The van der Waals surface area contributed by atoms with E-state index in [4.69, 9.17) is 5.11 Å². The van der Waals surface area contributed by atoms with Crippen LogP contribution in [0.2, 0.25) is 0 Å². The molecule has 0 aliphatic carbocycles. The molecule has 2 rings (SSSR count). The summed E-state index contributed by atoms with van der Waals surface area (Å²) in [4.78, 5) is 26.2. The number of anilines is 1. The minimum Gasteiger partial charge on any atom is -0.478 e. The van der Waals surface area contributed by atoms with Gasteiger partial charge in [-0.05, 0) is 36.2 Å². The highest BCUT2D eigenvalue weighted by Crippen LogP contribution is 2.05. The molecule has 0 aliphatic rings. The second-order valence-corrected chi connectivity index (χ2v) is 4.37. The smallest absolute Gasteiger partial charge is 0.335 e. The molecule has 6 nitrogen and oxygen atoms in total. The van der Waals surface area contributed by atoms with Gasteiger partial charge in [0.25, 0.3) is 0 Å². The van der Waals surface area contributed by atoms with Crippen LogP contribution < -0.4 is 10.6 Å². The first-order valence-electron chi connectivity index (χ1n) is 6.42. The van der Waals surface area contributed by atoms with Gasteiger partial charge in [-0.2, -0.15) is 0 Å². The Labute approximate surface area is 121 Å². The van der Waals surface area contributed by atoms with Crippen molar-refractivity contribution in [3.8, 4) is 0 Å². The summed E-state index contributed by atoms with van der Waals surface area (Å²) < 4.78 is 0. The number of pyridine rings is 1. The molecule has 1 heterocycles. The van der Waals surface area contributed by atoms with Gasteiger partial charge in [0, 0.05) is 12.7 Å². The van der Waals surface area contributed by atoms with Crippen molar-refractivity contribution in [1.82, 2.24) is 10.3 Å². The van der Waals surface area contributed by atoms with E-state index in [0.29, 0.717) is 18.7 Å². The molecule has 3 N–H and O–H groups in total. The van der Waals surface area contributed by atoms with Crippen molar-refractivity contribution in [3.63, 3.8) is 0 Å². The van der Waals surface area contributed by atoms with Crippen molar-refractivity contribution in [1.29, 1.82) is 0 Å². The van der Waals surface area contributed by atoms with E-state index in [0.717, 1.165) is 5.56 Å². The molecule has 108 valence electrons. The largest absolute Gasteiger partial charge is 0.478 e. The molecule has 0 fully saturated rings. The number of amides is 2. The molecule has 21 heavy (non-hydrogen) atoms. The van der Waals surface area contributed by atoms with Crippen LogP contribution in [-0.4, -0.2) is 28.6 Å². The summed E-state index contributed by atoms with van der Waals surface area (Å²) in [6, 6.07) is 9.76. The first kappa shape index (κ1) is 14.5. The van der Waals surface area contributed by atoms with Gasteiger partial charge in [-0.3, -0.25) is 4.98 Å². The van der Waals surface area contributed by atoms with Crippen LogP contribution in [0.4, 0.5) is 10.5 Å². The van der Waals surface area contributed by atoms with E-state index in [-0.39, 0.29) is 11.6 Å². The first-order valence-corrected chi connectivity index (χ1v) is 6.42. The lowest BCUT2D eigenvalue weighted by Crippen LogP contribution is -2.30. The van der Waals surface area contributed by atoms with Gasteiger partial charge in [0.15, 0.2) is 0 Å². The molecule has 1 aromatic carbocycles.